The van der Waals surface area contributed by atoms with E-state index in [0.29, 0.717) is 24.5 Å². The molecule has 0 aromatic heterocycles. The van der Waals surface area contributed by atoms with Gasteiger partial charge >= 0.3 is 0 Å². The number of methoxy groups -OCH3 is 1. The Hall–Kier alpha value is -1.26. The summed E-state index contributed by atoms with van der Waals surface area (Å²) in [6.45, 7) is 9.26. The van der Waals surface area contributed by atoms with Gasteiger partial charge in [-0.2, -0.15) is 0 Å². The summed E-state index contributed by atoms with van der Waals surface area (Å²) in [5.74, 6) is 1.40. The van der Waals surface area contributed by atoms with Crippen LogP contribution in [-0.2, 0) is 6.54 Å². The molecule has 0 spiro atoms. The monoisotopic (exact) mass is 281 g/mol. The number of aliphatic hydroxyl groups excluding tert-OH is 1. The molecule has 0 fully saturated rings. The molecule has 114 valence electrons. The van der Waals surface area contributed by atoms with Gasteiger partial charge in [-0.05, 0) is 33.3 Å². The van der Waals surface area contributed by atoms with E-state index in [1.807, 2.05) is 25.1 Å². The van der Waals surface area contributed by atoms with Gasteiger partial charge in [-0.1, -0.05) is 19.1 Å². The fourth-order valence-corrected chi connectivity index (χ4v) is 1.68. The molecule has 1 rings (SSSR count). The normalized spacial score (nSPS) is 13.1. The lowest BCUT2D eigenvalue weighted by molar-refractivity contribution is 0.102. The Morgan fingerprint density at radius 2 is 2.00 bits per heavy atom. The van der Waals surface area contributed by atoms with Crippen molar-refractivity contribution in [3.05, 3.63) is 23.8 Å². The van der Waals surface area contributed by atoms with Crippen LogP contribution in [0.1, 0.15) is 39.7 Å². The molecule has 0 saturated heterocycles. The van der Waals surface area contributed by atoms with Crippen LogP contribution in [0.3, 0.4) is 0 Å². The maximum Gasteiger partial charge on any atom is 0.165 e. The summed E-state index contributed by atoms with van der Waals surface area (Å²) >= 11 is 0. The highest BCUT2D eigenvalue weighted by Gasteiger charge is 2.15. The number of hydrogen-bond acceptors (Lipinski definition) is 4. The third-order valence-electron chi connectivity index (χ3n) is 2.98. The Balaban J connectivity index is 2.86. The van der Waals surface area contributed by atoms with E-state index in [1.54, 1.807) is 7.11 Å². The lowest BCUT2D eigenvalue weighted by atomic mass is 10.1. The zero-order chi connectivity index (χ0) is 15.2. The fraction of sp³-hybridized carbons (Fsp3) is 0.625. The van der Waals surface area contributed by atoms with Crippen LogP contribution < -0.4 is 14.8 Å². The summed E-state index contributed by atoms with van der Waals surface area (Å²) in [7, 11) is 1.62. The molecule has 4 nitrogen and oxygen atoms in total. The van der Waals surface area contributed by atoms with E-state index in [9.17, 15) is 5.11 Å². The largest absolute Gasteiger partial charge is 0.493 e. The first-order valence-electron chi connectivity index (χ1n) is 7.09. The third-order valence-corrected chi connectivity index (χ3v) is 2.98. The van der Waals surface area contributed by atoms with Crippen molar-refractivity contribution in [3.63, 3.8) is 0 Å². The molecule has 0 amide bonds. The van der Waals surface area contributed by atoms with Gasteiger partial charge in [0.05, 0.1) is 13.2 Å². The smallest absolute Gasteiger partial charge is 0.165 e. The molecule has 0 aliphatic rings. The van der Waals surface area contributed by atoms with E-state index in [2.05, 4.69) is 26.1 Å². The summed E-state index contributed by atoms with van der Waals surface area (Å²) in [6, 6.07) is 5.82. The number of benzene rings is 1. The highest BCUT2D eigenvalue weighted by atomic mass is 16.5. The Morgan fingerprint density at radius 1 is 1.30 bits per heavy atom. The van der Waals surface area contributed by atoms with E-state index in [0.717, 1.165) is 5.56 Å². The lowest BCUT2D eigenvalue weighted by Crippen LogP contribution is -2.35. The van der Waals surface area contributed by atoms with Gasteiger partial charge in [0.15, 0.2) is 11.5 Å². The van der Waals surface area contributed by atoms with Crippen LogP contribution in [0.15, 0.2) is 18.2 Å². The maximum absolute atomic E-state index is 9.65. The van der Waals surface area contributed by atoms with Crippen molar-refractivity contribution < 1.29 is 14.6 Å². The molecular weight excluding hydrogens is 254 g/mol. The van der Waals surface area contributed by atoms with Gasteiger partial charge in [-0.25, -0.2) is 0 Å². The molecule has 1 aromatic carbocycles. The van der Waals surface area contributed by atoms with E-state index in [4.69, 9.17) is 9.47 Å². The van der Waals surface area contributed by atoms with Crippen molar-refractivity contribution in [2.45, 2.75) is 52.3 Å². The molecule has 1 unspecified atom stereocenters. The zero-order valence-corrected chi connectivity index (χ0v) is 13.2. The molecule has 20 heavy (non-hydrogen) atoms. The summed E-state index contributed by atoms with van der Waals surface area (Å²) in [4.78, 5) is 0. The summed E-state index contributed by atoms with van der Waals surface area (Å²) in [5.41, 5.74) is 1.06. The van der Waals surface area contributed by atoms with Crippen LogP contribution in [-0.4, -0.2) is 30.5 Å². The van der Waals surface area contributed by atoms with E-state index >= 15 is 0 Å². The Bertz CT molecular complexity index is 413. The van der Waals surface area contributed by atoms with Crippen LogP contribution >= 0.6 is 0 Å². The van der Waals surface area contributed by atoms with Crippen LogP contribution in [0.4, 0.5) is 0 Å². The molecule has 0 aliphatic heterocycles. The topological polar surface area (TPSA) is 50.7 Å². The van der Waals surface area contributed by atoms with Crippen molar-refractivity contribution in [3.8, 4) is 11.5 Å². The van der Waals surface area contributed by atoms with Crippen LogP contribution in [0.2, 0.25) is 0 Å². The van der Waals surface area contributed by atoms with Crippen molar-refractivity contribution in [1.29, 1.82) is 0 Å². The minimum atomic E-state index is -0.455. The van der Waals surface area contributed by atoms with Crippen molar-refractivity contribution >= 4 is 0 Å². The molecule has 1 atom stereocenters. The van der Waals surface area contributed by atoms with Crippen LogP contribution in [0.25, 0.3) is 0 Å². The Kier molecular flexibility index (Phi) is 6.30. The van der Waals surface area contributed by atoms with Gasteiger partial charge in [0.25, 0.3) is 0 Å². The first-order valence-corrected chi connectivity index (χ1v) is 7.09. The van der Waals surface area contributed by atoms with Crippen molar-refractivity contribution in [1.82, 2.24) is 5.32 Å². The zero-order valence-electron chi connectivity index (χ0n) is 13.2. The predicted octanol–water partition coefficient (Wildman–Crippen LogP) is 2.73. The average Bonchev–Trinajstić information content (AvgIpc) is 2.41. The second-order valence-electron chi connectivity index (χ2n) is 5.93. The molecule has 0 bridgehead atoms. The van der Waals surface area contributed by atoms with Gasteiger partial charge in [0.2, 0.25) is 0 Å². The van der Waals surface area contributed by atoms with Gasteiger partial charge < -0.3 is 19.9 Å². The highest BCUT2D eigenvalue weighted by molar-refractivity contribution is 5.46. The third kappa shape index (κ3) is 5.39. The quantitative estimate of drug-likeness (QED) is 0.807. The number of nitrogens with one attached hydrogen (secondary N) is 1. The van der Waals surface area contributed by atoms with Gasteiger partial charge in [0.1, 0.15) is 6.61 Å². The van der Waals surface area contributed by atoms with Crippen molar-refractivity contribution in [2.24, 2.45) is 0 Å². The molecule has 2 N–H and O–H groups in total. The first kappa shape index (κ1) is 16.8. The molecule has 1 aromatic rings. The summed E-state index contributed by atoms with van der Waals surface area (Å²) in [6.07, 6.45) is 0.216. The lowest BCUT2D eigenvalue weighted by Gasteiger charge is -2.22. The molecule has 4 heteroatoms. The second-order valence-corrected chi connectivity index (χ2v) is 5.93. The van der Waals surface area contributed by atoms with Gasteiger partial charge in [0, 0.05) is 17.6 Å². The number of rotatable bonds is 7. The molecule has 0 aliphatic carbocycles. The van der Waals surface area contributed by atoms with E-state index in [-0.39, 0.29) is 12.1 Å². The fourth-order valence-electron chi connectivity index (χ4n) is 1.68. The van der Waals surface area contributed by atoms with Crippen LogP contribution in [0.5, 0.6) is 11.5 Å². The SMILES string of the molecule is CCC(O)COc1c(CNC(C)(C)C)cccc1OC. The molecule has 0 saturated carbocycles. The molecular formula is C16H27NO3. The van der Waals surface area contributed by atoms with E-state index in [1.165, 1.54) is 0 Å². The van der Waals surface area contributed by atoms with Gasteiger partial charge in [-0.15, -0.1) is 0 Å². The van der Waals surface area contributed by atoms with Gasteiger partial charge in [-0.3, -0.25) is 0 Å². The Morgan fingerprint density at radius 3 is 2.55 bits per heavy atom. The second kappa shape index (κ2) is 7.50. The van der Waals surface area contributed by atoms with Crippen molar-refractivity contribution in [2.75, 3.05) is 13.7 Å². The number of para-hydroxylation sites is 1. The average molecular weight is 281 g/mol. The van der Waals surface area contributed by atoms with Crippen LogP contribution in [0, 0.1) is 0 Å². The minimum absolute atomic E-state index is 0.0310. The molecule has 0 heterocycles. The highest BCUT2D eigenvalue weighted by Crippen LogP contribution is 2.31. The standard InChI is InChI=1S/C16H27NO3/c1-6-13(18)11-20-15-12(10-17-16(2,3)4)8-7-9-14(15)19-5/h7-9,13,17-18H,6,10-11H2,1-5H3. The summed E-state index contributed by atoms with van der Waals surface area (Å²) < 4.78 is 11.1. The molecule has 0 radical (unpaired) electrons. The number of hydrogen-bond donors (Lipinski definition) is 2. The van der Waals surface area contributed by atoms with E-state index < -0.39 is 6.10 Å². The Labute approximate surface area is 122 Å². The number of ether oxygens (including phenoxy) is 2. The number of aliphatic hydroxyl groups is 1. The summed E-state index contributed by atoms with van der Waals surface area (Å²) in [5, 5.41) is 13.1. The minimum Gasteiger partial charge on any atom is -0.493 e. The maximum atomic E-state index is 9.65. The predicted molar refractivity (Wildman–Crippen MR) is 81.4 cm³/mol. The first-order chi connectivity index (χ1) is 9.37.